The lowest BCUT2D eigenvalue weighted by molar-refractivity contribution is 0.168. The van der Waals surface area contributed by atoms with Crippen LogP contribution < -0.4 is 5.32 Å². The molecule has 0 spiro atoms. The first-order chi connectivity index (χ1) is 8.15. The largest absolute Gasteiger partial charge is 0.311 e. The van der Waals surface area contributed by atoms with Gasteiger partial charge < -0.3 is 5.32 Å². The fraction of sp³-hybridized carbons (Fsp3) is 0.571. The van der Waals surface area contributed by atoms with Crippen LogP contribution in [0.25, 0.3) is 0 Å². The van der Waals surface area contributed by atoms with Crippen LogP contribution in [0.15, 0.2) is 28.7 Å². The molecular formula is C14H21BrN2. The molecule has 1 saturated heterocycles. The van der Waals surface area contributed by atoms with E-state index in [9.17, 15) is 0 Å². The molecule has 3 heteroatoms. The van der Waals surface area contributed by atoms with Gasteiger partial charge in [0.05, 0.1) is 0 Å². The lowest BCUT2D eigenvalue weighted by atomic mass is 10.0. The summed E-state index contributed by atoms with van der Waals surface area (Å²) in [7, 11) is 0. The fourth-order valence-corrected chi connectivity index (χ4v) is 2.54. The van der Waals surface area contributed by atoms with Gasteiger partial charge in [-0.2, -0.15) is 0 Å². The number of piperazine rings is 1. The summed E-state index contributed by atoms with van der Waals surface area (Å²) in [6.07, 6.45) is 0. The van der Waals surface area contributed by atoms with Crippen LogP contribution in [-0.4, -0.2) is 30.6 Å². The molecule has 1 aromatic carbocycles. The Morgan fingerprint density at radius 3 is 2.71 bits per heavy atom. The Labute approximate surface area is 113 Å². The molecule has 1 heterocycles. The average Bonchev–Trinajstić information content (AvgIpc) is 2.32. The van der Waals surface area contributed by atoms with Crippen molar-refractivity contribution in [3.8, 4) is 0 Å². The summed E-state index contributed by atoms with van der Waals surface area (Å²) < 4.78 is 1.15. The molecule has 1 aliphatic heterocycles. The summed E-state index contributed by atoms with van der Waals surface area (Å²) in [6, 6.07) is 9.29. The van der Waals surface area contributed by atoms with Gasteiger partial charge in [-0.1, -0.05) is 41.9 Å². The third-order valence-corrected chi connectivity index (χ3v) is 3.94. The van der Waals surface area contributed by atoms with Gasteiger partial charge in [0.25, 0.3) is 0 Å². The van der Waals surface area contributed by atoms with Crippen LogP contribution in [0.2, 0.25) is 0 Å². The Morgan fingerprint density at radius 1 is 1.35 bits per heavy atom. The van der Waals surface area contributed by atoms with Crippen LogP contribution in [0, 0.1) is 5.92 Å². The van der Waals surface area contributed by atoms with Gasteiger partial charge in [-0.15, -0.1) is 0 Å². The van der Waals surface area contributed by atoms with Crippen molar-refractivity contribution in [2.75, 3.05) is 19.6 Å². The van der Waals surface area contributed by atoms with Crippen LogP contribution in [0.3, 0.4) is 0 Å². The van der Waals surface area contributed by atoms with Crippen molar-refractivity contribution in [3.63, 3.8) is 0 Å². The second-order valence-corrected chi connectivity index (χ2v) is 6.08. The van der Waals surface area contributed by atoms with E-state index in [-0.39, 0.29) is 0 Å². The zero-order chi connectivity index (χ0) is 12.3. The van der Waals surface area contributed by atoms with E-state index in [0.29, 0.717) is 12.0 Å². The Kier molecular flexibility index (Phi) is 4.60. The summed E-state index contributed by atoms with van der Waals surface area (Å²) in [5, 5.41) is 3.59. The molecule has 0 bridgehead atoms. The molecule has 1 N–H and O–H groups in total. The first-order valence-electron chi connectivity index (χ1n) is 6.35. The number of rotatable bonds is 3. The molecule has 1 aliphatic rings. The SMILES string of the molecule is CC(C)C1CN(Cc2ccc(Br)cc2)CCN1. The molecule has 1 atom stereocenters. The maximum Gasteiger partial charge on any atom is 0.0234 e. The van der Waals surface area contributed by atoms with E-state index in [1.54, 1.807) is 0 Å². The van der Waals surface area contributed by atoms with Gasteiger partial charge >= 0.3 is 0 Å². The predicted molar refractivity (Wildman–Crippen MR) is 76.0 cm³/mol. The van der Waals surface area contributed by atoms with E-state index < -0.39 is 0 Å². The zero-order valence-corrected chi connectivity index (χ0v) is 12.2. The van der Waals surface area contributed by atoms with Crippen molar-refractivity contribution in [1.82, 2.24) is 10.2 Å². The van der Waals surface area contributed by atoms with Gasteiger partial charge in [0.2, 0.25) is 0 Å². The normalized spacial score (nSPS) is 22.0. The van der Waals surface area contributed by atoms with Crippen molar-refractivity contribution in [2.45, 2.75) is 26.4 Å². The summed E-state index contributed by atoms with van der Waals surface area (Å²) in [6.45, 7) is 9.08. The molecule has 0 saturated carbocycles. The lowest BCUT2D eigenvalue weighted by Crippen LogP contribution is -2.52. The van der Waals surface area contributed by atoms with Crippen LogP contribution in [-0.2, 0) is 6.54 Å². The monoisotopic (exact) mass is 296 g/mol. The highest BCUT2D eigenvalue weighted by molar-refractivity contribution is 9.10. The highest BCUT2D eigenvalue weighted by Gasteiger charge is 2.21. The third kappa shape index (κ3) is 3.80. The molecule has 1 aromatic rings. The second kappa shape index (κ2) is 5.98. The van der Waals surface area contributed by atoms with E-state index in [1.807, 2.05) is 0 Å². The number of hydrogen-bond donors (Lipinski definition) is 1. The van der Waals surface area contributed by atoms with Gasteiger partial charge in [0.15, 0.2) is 0 Å². The number of benzene rings is 1. The number of halogens is 1. The van der Waals surface area contributed by atoms with Gasteiger partial charge in [-0.25, -0.2) is 0 Å². The van der Waals surface area contributed by atoms with Crippen LogP contribution in [0.1, 0.15) is 19.4 Å². The van der Waals surface area contributed by atoms with E-state index in [2.05, 4.69) is 64.3 Å². The number of hydrogen-bond acceptors (Lipinski definition) is 2. The topological polar surface area (TPSA) is 15.3 Å². The molecule has 0 radical (unpaired) electrons. The average molecular weight is 297 g/mol. The Morgan fingerprint density at radius 2 is 2.06 bits per heavy atom. The van der Waals surface area contributed by atoms with Gasteiger partial charge in [-0.3, -0.25) is 4.90 Å². The van der Waals surface area contributed by atoms with Gasteiger partial charge in [0.1, 0.15) is 0 Å². The number of nitrogens with one attached hydrogen (secondary N) is 1. The van der Waals surface area contributed by atoms with Crippen LogP contribution in [0.4, 0.5) is 0 Å². The minimum Gasteiger partial charge on any atom is -0.311 e. The summed E-state index contributed by atoms with van der Waals surface area (Å²) >= 11 is 3.48. The number of nitrogens with zero attached hydrogens (tertiary/aromatic N) is 1. The molecule has 2 rings (SSSR count). The molecular weight excluding hydrogens is 276 g/mol. The maximum atomic E-state index is 3.59. The molecule has 1 unspecified atom stereocenters. The first kappa shape index (κ1) is 13.1. The zero-order valence-electron chi connectivity index (χ0n) is 10.6. The molecule has 17 heavy (non-hydrogen) atoms. The van der Waals surface area contributed by atoms with Crippen molar-refractivity contribution >= 4 is 15.9 Å². The molecule has 0 aliphatic carbocycles. The summed E-state index contributed by atoms with van der Waals surface area (Å²) in [4.78, 5) is 2.55. The van der Waals surface area contributed by atoms with Crippen molar-refractivity contribution in [1.29, 1.82) is 0 Å². The predicted octanol–water partition coefficient (Wildman–Crippen LogP) is 2.88. The van der Waals surface area contributed by atoms with Gasteiger partial charge in [0, 0.05) is 36.7 Å². The third-order valence-electron chi connectivity index (χ3n) is 3.41. The highest BCUT2D eigenvalue weighted by atomic mass is 79.9. The lowest BCUT2D eigenvalue weighted by Gasteiger charge is -2.35. The molecule has 94 valence electrons. The van der Waals surface area contributed by atoms with Crippen LogP contribution in [0.5, 0.6) is 0 Å². The minimum atomic E-state index is 0.638. The highest BCUT2D eigenvalue weighted by Crippen LogP contribution is 2.14. The Bertz CT molecular complexity index is 348. The summed E-state index contributed by atoms with van der Waals surface area (Å²) in [5.41, 5.74) is 1.40. The van der Waals surface area contributed by atoms with Crippen LogP contribution >= 0.6 is 15.9 Å². The molecule has 0 aromatic heterocycles. The smallest absolute Gasteiger partial charge is 0.0234 e. The van der Waals surface area contributed by atoms with Gasteiger partial charge in [-0.05, 0) is 23.6 Å². The van der Waals surface area contributed by atoms with E-state index >= 15 is 0 Å². The van der Waals surface area contributed by atoms with E-state index in [4.69, 9.17) is 0 Å². The maximum absolute atomic E-state index is 3.59. The van der Waals surface area contributed by atoms with E-state index in [0.717, 1.165) is 30.7 Å². The molecule has 0 amide bonds. The molecule has 1 fully saturated rings. The minimum absolute atomic E-state index is 0.638. The van der Waals surface area contributed by atoms with Crippen molar-refractivity contribution in [2.24, 2.45) is 5.92 Å². The quantitative estimate of drug-likeness (QED) is 0.923. The fourth-order valence-electron chi connectivity index (χ4n) is 2.28. The second-order valence-electron chi connectivity index (χ2n) is 5.17. The Balaban J connectivity index is 1.92. The Hall–Kier alpha value is -0.380. The standard InChI is InChI=1S/C14H21BrN2/c1-11(2)14-10-17(8-7-16-14)9-12-3-5-13(15)6-4-12/h3-6,11,14,16H,7-10H2,1-2H3. The molecule has 2 nitrogen and oxygen atoms in total. The van der Waals surface area contributed by atoms with E-state index in [1.165, 1.54) is 5.56 Å². The summed E-state index contributed by atoms with van der Waals surface area (Å²) in [5.74, 6) is 0.711. The first-order valence-corrected chi connectivity index (χ1v) is 7.14. The van der Waals surface area contributed by atoms with Crippen molar-refractivity contribution < 1.29 is 0 Å². The van der Waals surface area contributed by atoms with Crippen molar-refractivity contribution in [3.05, 3.63) is 34.3 Å².